The van der Waals surface area contributed by atoms with Crippen LogP contribution in [0.3, 0.4) is 0 Å². The zero-order valence-electron chi connectivity index (χ0n) is 8.35. The van der Waals surface area contributed by atoms with Gasteiger partial charge in [-0.25, -0.2) is 4.39 Å². The average Bonchev–Trinajstić information content (AvgIpc) is 2.87. The van der Waals surface area contributed by atoms with Gasteiger partial charge < -0.3 is 5.73 Å². The fourth-order valence-electron chi connectivity index (χ4n) is 2.69. The molecule has 1 aromatic rings. The van der Waals surface area contributed by atoms with Crippen LogP contribution in [0, 0.1) is 5.82 Å². The molecule has 78 valence electrons. The minimum Gasteiger partial charge on any atom is -0.366 e. The van der Waals surface area contributed by atoms with Crippen molar-refractivity contribution >= 4 is 5.91 Å². The monoisotopic (exact) mass is 205 g/mol. The van der Waals surface area contributed by atoms with Crippen molar-refractivity contribution < 1.29 is 9.18 Å². The number of benzene rings is 1. The smallest absolute Gasteiger partial charge is 0.251 e. The molecule has 1 saturated carbocycles. The standard InChI is InChI=1S/C12H12FNO/c13-10-6-9-7(5-8(10)11(14)15)1-2-12(9)3-4-12/h5-6H,1-4H2,(H2,14,15). The van der Waals surface area contributed by atoms with Crippen molar-refractivity contribution in [2.24, 2.45) is 5.73 Å². The van der Waals surface area contributed by atoms with Gasteiger partial charge in [-0.1, -0.05) is 0 Å². The first-order valence-corrected chi connectivity index (χ1v) is 5.25. The molecule has 0 heterocycles. The molecule has 2 nitrogen and oxygen atoms in total. The van der Waals surface area contributed by atoms with E-state index in [4.69, 9.17) is 5.73 Å². The number of aryl methyl sites for hydroxylation is 1. The predicted octanol–water partition coefficient (Wildman–Crippen LogP) is 1.90. The largest absolute Gasteiger partial charge is 0.366 e. The van der Waals surface area contributed by atoms with E-state index in [2.05, 4.69) is 0 Å². The quantitative estimate of drug-likeness (QED) is 0.747. The number of hydrogen-bond donors (Lipinski definition) is 1. The summed E-state index contributed by atoms with van der Waals surface area (Å²) in [6, 6.07) is 3.16. The maximum Gasteiger partial charge on any atom is 0.251 e. The summed E-state index contributed by atoms with van der Waals surface area (Å²) in [4.78, 5) is 11.0. The molecule has 3 heteroatoms. The lowest BCUT2D eigenvalue weighted by molar-refractivity contribution is 0.0996. The van der Waals surface area contributed by atoms with Crippen molar-refractivity contribution in [3.63, 3.8) is 0 Å². The Kier molecular flexibility index (Phi) is 1.54. The van der Waals surface area contributed by atoms with Gasteiger partial charge in [-0.3, -0.25) is 4.79 Å². The van der Waals surface area contributed by atoms with Crippen LogP contribution in [0.25, 0.3) is 0 Å². The van der Waals surface area contributed by atoms with Crippen molar-refractivity contribution in [1.29, 1.82) is 0 Å². The van der Waals surface area contributed by atoms with E-state index in [1.165, 1.54) is 6.07 Å². The molecular formula is C12H12FNO. The van der Waals surface area contributed by atoms with E-state index in [0.717, 1.165) is 36.8 Å². The van der Waals surface area contributed by atoms with Gasteiger partial charge in [0.2, 0.25) is 0 Å². The van der Waals surface area contributed by atoms with Crippen LogP contribution in [-0.2, 0) is 11.8 Å². The number of fused-ring (bicyclic) bond motifs is 2. The molecule has 1 fully saturated rings. The van der Waals surface area contributed by atoms with E-state index in [-0.39, 0.29) is 11.0 Å². The summed E-state index contributed by atoms with van der Waals surface area (Å²) in [5, 5.41) is 0. The molecule has 0 atom stereocenters. The number of hydrogen-bond acceptors (Lipinski definition) is 1. The highest BCUT2D eigenvalue weighted by molar-refractivity contribution is 5.93. The molecule has 2 aliphatic carbocycles. The summed E-state index contributed by atoms with van der Waals surface area (Å²) in [6.45, 7) is 0. The molecule has 1 spiro atoms. The number of nitrogens with two attached hydrogens (primary N) is 1. The minimum absolute atomic E-state index is 0.0337. The number of primary amides is 1. The van der Waals surface area contributed by atoms with E-state index in [9.17, 15) is 9.18 Å². The molecule has 0 aromatic heterocycles. The maximum atomic E-state index is 13.6. The summed E-state index contributed by atoms with van der Waals surface area (Å²) in [5.41, 5.74) is 7.63. The minimum atomic E-state index is -0.674. The van der Waals surface area contributed by atoms with Gasteiger partial charge in [0.1, 0.15) is 5.82 Å². The second kappa shape index (κ2) is 2.60. The van der Waals surface area contributed by atoms with Gasteiger partial charge in [-0.05, 0) is 54.4 Å². The number of halogens is 1. The third-order valence-corrected chi connectivity index (χ3v) is 3.76. The van der Waals surface area contributed by atoms with Crippen LogP contribution >= 0.6 is 0 Å². The molecule has 0 radical (unpaired) electrons. The number of amides is 1. The molecule has 2 N–H and O–H groups in total. The molecular weight excluding hydrogens is 193 g/mol. The van der Waals surface area contributed by atoms with Crippen LogP contribution in [0.15, 0.2) is 12.1 Å². The average molecular weight is 205 g/mol. The van der Waals surface area contributed by atoms with Crippen LogP contribution in [0.5, 0.6) is 0 Å². The summed E-state index contributed by atoms with van der Waals surface area (Å²) < 4.78 is 13.6. The summed E-state index contributed by atoms with van der Waals surface area (Å²) in [5.74, 6) is -1.14. The van der Waals surface area contributed by atoms with Crippen molar-refractivity contribution in [3.05, 3.63) is 34.6 Å². The summed E-state index contributed by atoms with van der Waals surface area (Å²) in [6.07, 6.45) is 4.38. The van der Waals surface area contributed by atoms with Gasteiger partial charge in [0, 0.05) is 0 Å². The maximum absolute atomic E-state index is 13.6. The van der Waals surface area contributed by atoms with Crippen molar-refractivity contribution in [2.75, 3.05) is 0 Å². The first kappa shape index (κ1) is 8.89. The van der Waals surface area contributed by atoms with Gasteiger partial charge in [-0.2, -0.15) is 0 Å². The lowest BCUT2D eigenvalue weighted by Gasteiger charge is -2.09. The molecule has 1 aromatic carbocycles. The summed E-state index contributed by atoms with van der Waals surface area (Å²) >= 11 is 0. The van der Waals surface area contributed by atoms with Crippen LogP contribution in [0.1, 0.15) is 40.7 Å². The zero-order chi connectivity index (χ0) is 10.6. The SMILES string of the molecule is NC(=O)c1cc2c(cc1F)C1(CC2)CC1. The fourth-order valence-corrected chi connectivity index (χ4v) is 2.69. The molecule has 15 heavy (non-hydrogen) atoms. The molecule has 1 amide bonds. The normalized spacial score (nSPS) is 20.3. The third kappa shape index (κ3) is 1.12. The van der Waals surface area contributed by atoms with Crippen LogP contribution in [0.4, 0.5) is 4.39 Å². The first-order valence-electron chi connectivity index (χ1n) is 5.25. The number of carbonyl (C=O) groups is 1. The lowest BCUT2D eigenvalue weighted by Crippen LogP contribution is -2.14. The lowest BCUT2D eigenvalue weighted by atomic mass is 9.97. The number of rotatable bonds is 1. The first-order chi connectivity index (χ1) is 7.12. The Labute approximate surface area is 87.3 Å². The molecule has 0 bridgehead atoms. The van der Waals surface area contributed by atoms with E-state index >= 15 is 0 Å². The Balaban J connectivity index is 2.16. The van der Waals surface area contributed by atoms with Gasteiger partial charge in [0.05, 0.1) is 5.56 Å². The van der Waals surface area contributed by atoms with Crippen molar-refractivity contribution in [3.8, 4) is 0 Å². The van der Waals surface area contributed by atoms with E-state index in [1.807, 2.05) is 0 Å². The second-order valence-electron chi connectivity index (χ2n) is 4.63. The van der Waals surface area contributed by atoms with Crippen molar-refractivity contribution in [2.45, 2.75) is 31.1 Å². The predicted molar refractivity (Wildman–Crippen MR) is 54.2 cm³/mol. The molecule has 3 rings (SSSR count). The van der Waals surface area contributed by atoms with Gasteiger partial charge >= 0.3 is 0 Å². The topological polar surface area (TPSA) is 43.1 Å². The van der Waals surface area contributed by atoms with E-state index < -0.39 is 11.7 Å². The Hall–Kier alpha value is -1.38. The van der Waals surface area contributed by atoms with Crippen molar-refractivity contribution in [1.82, 2.24) is 0 Å². The second-order valence-corrected chi connectivity index (χ2v) is 4.63. The molecule has 0 unspecified atom stereocenters. The molecule has 0 saturated heterocycles. The molecule has 0 aliphatic heterocycles. The number of carbonyl (C=O) groups excluding carboxylic acids is 1. The van der Waals surface area contributed by atoms with E-state index in [1.54, 1.807) is 6.07 Å². The highest BCUT2D eigenvalue weighted by Crippen LogP contribution is 2.56. The van der Waals surface area contributed by atoms with E-state index in [0.29, 0.717) is 0 Å². The Morgan fingerprint density at radius 1 is 1.33 bits per heavy atom. The van der Waals surface area contributed by atoms with Crippen LogP contribution in [0.2, 0.25) is 0 Å². The highest BCUT2D eigenvalue weighted by Gasteiger charge is 2.48. The fraction of sp³-hybridized carbons (Fsp3) is 0.417. The Morgan fingerprint density at radius 2 is 2.07 bits per heavy atom. The van der Waals surface area contributed by atoms with Crippen LogP contribution < -0.4 is 5.73 Å². The van der Waals surface area contributed by atoms with Crippen LogP contribution in [-0.4, -0.2) is 5.91 Å². The highest BCUT2D eigenvalue weighted by atomic mass is 19.1. The van der Waals surface area contributed by atoms with Gasteiger partial charge in [0.25, 0.3) is 5.91 Å². The summed E-state index contributed by atoms with van der Waals surface area (Å²) in [7, 11) is 0. The van der Waals surface area contributed by atoms with Gasteiger partial charge in [-0.15, -0.1) is 0 Å². The zero-order valence-corrected chi connectivity index (χ0v) is 8.35. The van der Waals surface area contributed by atoms with Gasteiger partial charge in [0.15, 0.2) is 0 Å². The Morgan fingerprint density at radius 3 is 2.67 bits per heavy atom. The molecule has 2 aliphatic rings. The third-order valence-electron chi connectivity index (χ3n) is 3.76. The Bertz CT molecular complexity index is 463.